The van der Waals surface area contributed by atoms with Crippen LogP contribution in [0, 0.1) is 11.8 Å². The number of hydrogen-bond acceptors (Lipinski definition) is 0. The summed E-state index contributed by atoms with van der Waals surface area (Å²) < 4.78 is 0. The highest BCUT2D eigenvalue weighted by atomic mass is 79.9. The van der Waals surface area contributed by atoms with Crippen molar-refractivity contribution in [2.24, 2.45) is 0 Å². The summed E-state index contributed by atoms with van der Waals surface area (Å²) >= 11 is 3.32. The SMILES string of the molecule is CCCCCC#CC/C=C/CBr. The Morgan fingerprint density at radius 1 is 1.17 bits per heavy atom. The summed E-state index contributed by atoms with van der Waals surface area (Å²) in [5, 5.41) is 0.935. The van der Waals surface area contributed by atoms with Crippen LogP contribution in [0.4, 0.5) is 0 Å². The molecule has 0 saturated heterocycles. The van der Waals surface area contributed by atoms with E-state index in [0.717, 1.165) is 18.2 Å². The van der Waals surface area contributed by atoms with E-state index in [1.54, 1.807) is 0 Å². The minimum Gasteiger partial charge on any atom is -0.103 e. The van der Waals surface area contributed by atoms with E-state index in [-0.39, 0.29) is 0 Å². The van der Waals surface area contributed by atoms with Gasteiger partial charge in [0, 0.05) is 18.2 Å². The van der Waals surface area contributed by atoms with Crippen molar-refractivity contribution in [2.45, 2.75) is 39.0 Å². The molecule has 0 spiro atoms. The van der Waals surface area contributed by atoms with Crippen molar-refractivity contribution < 1.29 is 0 Å². The minimum absolute atomic E-state index is 0.901. The summed E-state index contributed by atoms with van der Waals surface area (Å²) in [6.07, 6.45) is 10.00. The summed E-state index contributed by atoms with van der Waals surface area (Å²) in [5.74, 6) is 6.28. The van der Waals surface area contributed by atoms with Gasteiger partial charge in [0.1, 0.15) is 0 Å². The van der Waals surface area contributed by atoms with Crippen LogP contribution in [0.1, 0.15) is 39.0 Å². The van der Waals surface area contributed by atoms with Crippen molar-refractivity contribution in [1.29, 1.82) is 0 Å². The fourth-order valence-electron chi connectivity index (χ4n) is 0.829. The third-order valence-electron chi connectivity index (χ3n) is 1.51. The molecule has 0 aromatic heterocycles. The molecule has 0 fully saturated rings. The molecular formula is C11H17Br. The molecule has 0 saturated carbocycles. The number of hydrogen-bond donors (Lipinski definition) is 0. The largest absolute Gasteiger partial charge is 0.103 e. The van der Waals surface area contributed by atoms with Crippen LogP contribution >= 0.6 is 15.9 Å². The predicted molar refractivity (Wildman–Crippen MR) is 59.5 cm³/mol. The molecule has 68 valence electrons. The Labute approximate surface area is 84.6 Å². The minimum atomic E-state index is 0.901. The van der Waals surface area contributed by atoms with Gasteiger partial charge in [-0.1, -0.05) is 53.8 Å². The number of alkyl halides is 1. The van der Waals surface area contributed by atoms with E-state index in [0.29, 0.717) is 0 Å². The van der Waals surface area contributed by atoms with Gasteiger partial charge in [-0.25, -0.2) is 0 Å². The smallest absolute Gasteiger partial charge is 0.0270 e. The first-order valence-electron chi connectivity index (χ1n) is 4.58. The van der Waals surface area contributed by atoms with E-state index in [4.69, 9.17) is 0 Å². The van der Waals surface area contributed by atoms with Crippen molar-refractivity contribution in [1.82, 2.24) is 0 Å². The molecule has 0 radical (unpaired) electrons. The van der Waals surface area contributed by atoms with Crippen LogP contribution in [-0.2, 0) is 0 Å². The monoisotopic (exact) mass is 228 g/mol. The second-order valence-electron chi connectivity index (χ2n) is 2.64. The maximum Gasteiger partial charge on any atom is 0.0270 e. The normalized spacial score (nSPS) is 9.83. The Morgan fingerprint density at radius 2 is 2.00 bits per heavy atom. The van der Waals surface area contributed by atoms with E-state index >= 15 is 0 Å². The average Bonchev–Trinajstić information content (AvgIpc) is 2.10. The molecule has 0 aliphatic carbocycles. The second-order valence-corrected chi connectivity index (χ2v) is 3.29. The number of rotatable bonds is 5. The van der Waals surface area contributed by atoms with E-state index in [1.165, 1.54) is 19.3 Å². The lowest BCUT2D eigenvalue weighted by Crippen LogP contribution is -1.70. The molecule has 0 aromatic rings. The van der Waals surface area contributed by atoms with E-state index in [2.05, 4.69) is 46.8 Å². The number of unbranched alkanes of at least 4 members (excludes halogenated alkanes) is 3. The lowest BCUT2D eigenvalue weighted by Gasteiger charge is -1.87. The Balaban J connectivity index is 3.17. The van der Waals surface area contributed by atoms with E-state index < -0.39 is 0 Å². The van der Waals surface area contributed by atoms with Crippen LogP contribution in [0.3, 0.4) is 0 Å². The molecule has 0 rings (SSSR count). The molecule has 0 unspecified atom stereocenters. The van der Waals surface area contributed by atoms with Crippen LogP contribution in [0.15, 0.2) is 12.2 Å². The van der Waals surface area contributed by atoms with Gasteiger partial charge in [0.2, 0.25) is 0 Å². The first-order valence-corrected chi connectivity index (χ1v) is 5.70. The zero-order chi connectivity index (χ0) is 9.07. The zero-order valence-corrected chi connectivity index (χ0v) is 9.36. The van der Waals surface area contributed by atoms with Crippen molar-refractivity contribution in [3.63, 3.8) is 0 Å². The van der Waals surface area contributed by atoms with E-state index in [1.807, 2.05) is 0 Å². The molecular weight excluding hydrogens is 212 g/mol. The summed E-state index contributed by atoms with van der Waals surface area (Å²) in [6, 6.07) is 0. The lowest BCUT2D eigenvalue weighted by atomic mass is 10.2. The van der Waals surface area contributed by atoms with Gasteiger partial charge in [0.15, 0.2) is 0 Å². The number of allylic oxidation sites excluding steroid dienone is 2. The molecule has 0 N–H and O–H groups in total. The number of halogens is 1. The average molecular weight is 229 g/mol. The fraction of sp³-hybridized carbons (Fsp3) is 0.636. The summed E-state index contributed by atoms with van der Waals surface area (Å²) in [6.45, 7) is 2.21. The first kappa shape index (κ1) is 11.8. The maximum atomic E-state index is 3.32. The summed E-state index contributed by atoms with van der Waals surface area (Å²) in [4.78, 5) is 0. The third kappa shape index (κ3) is 9.78. The molecule has 0 atom stereocenters. The second kappa shape index (κ2) is 10.8. The van der Waals surface area contributed by atoms with Gasteiger partial charge < -0.3 is 0 Å². The van der Waals surface area contributed by atoms with Crippen LogP contribution in [-0.4, -0.2) is 5.33 Å². The Morgan fingerprint density at radius 3 is 2.67 bits per heavy atom. The van der Waals surface area contributed by atoms with Crippen LogP contribution in [0.2, 0.25) is 0 Å². The highest BCUT2D eigenvalue weighted by Gasteiger charge is 1.79. The summed E-state index contributed by atoms with van der Waals surface area (Å²) in [5.41, 5.74) is 0. The highest BCUT2D eigenvalue weighted by molar-refractivity contribution is 9.09. The lowest BCUT2D eigenvalue weighted by molar-refractivity contribution is 0.737. The molecule has 0 nitrogen and oxygen atoms in total. The van der Waals surface area contributed by atoms with Crippen molar-refractivity contribution in [2.75, 3.05) is 5.33 Å². The fourth-order valence-corrected chi connectivity index (χ4v) is 1.09. The Kier molecular flexibility index (Phi) is 10.6. The van der Waals surface area contributed by atoms with Gasteiger partial charge in [0.05, 0.1) is 0 Å². The molecule has 1 heteroatoms. The Hall–Kier alpha value is -0.220. The molecule has 12 heavy (non-hydrogen) atoms. The van der Waals surface area contributed by atoms with Gasteiger partial charge in [-0.15, -0.1) is 5.92 Å². The molecule has 0 bridgehead atoms. The van der Waals surface area contributed by atoms with Crippen molar-refractivity contribution >= 4 is 15.9 Å². The van der Waals surface area contributed by atoms with Crippen LogP contribution in [0.5, 0.6) is 0 Å². The standard InChI is InChI=1S/C11H17Br/c1-2-3-4-5-6-7-8-9-10-11-12/h9-10H,2-5,8,11H2,1H3/b10-9+. The topological polar surface area (TPSA) is 0 Å². The maximum absolute atomic E-state index is 3.32. The Bertz CT molecular complexity index is 160. The molecule has 0 amide bonds. The zero-order valence-electron chi connectivity index (χ0n) is 7.78. The van der Waals surface area contributed by atoms with Gasteiger partial charge >= 0.3 is 0 Å². The van der Waals surface area contributed by atoms with E-state index in [9.17, 15) is 0 Å². The van der Waals surface area contributed by atoms with Crippen LogP contribution < -0.4 is 0 Å². The third-order valence-corrected chi connectivity index (χ3v) is 1.88. The molecule has 0 aromatic carbocycles. The van der Waals surface area contributed by atoms with Crippen molar-refractivity contribution in [3.8, 4) is 11.8 Å². The molecule has 0 heterocycles. The van der Waals surface area contributed by atoms with Gasteiger partial charge in [-0.3, -0.25) is 0 Å². The predicted octanol–water partition coefficient (Wildman–Crippen LogP) is 3.91. The van der Waals surface area contributed by atoms with Gasteiger partial charge in [-0.2, -0.15) is 0 Å². The first-order chi connectivity index (χ1) is 5.91. The molecule has 0 aliphatic heterocycles. The van der Waals surface area contributed by atoms with Gasteiger partial charge in [0.25, 0.3) is 0 Å². The van der Waals surface area contributed by atoms with Crippen LogP contribution in [0.25, 0.3) is 0 Å². The van der Waals surface area contributed by atoms with Gasteiger partial charge in [-0.05, 0) is 6.42 Å². The van der Waals surface area contributed by atoms with Crippen molar-refractivity contribution in [3.05, 3.63) is 12.2 Å². The quantitative estimate of drug-likeness (QED) is 0.290. The highest BCUT2D eigenvalue weighted by Crippen LogP contribution is 1.96. The molecule has 0 aliphatic rings. The summed E-state index contributed by atoms with van der Waals surface area (Å²) in [7, 11) is 0.